The van der Waals surface area contributed by atoms with Crippen LogP contribution in [0.1, 0.15) is 12.5 Å². The Morgan fingerprint density at radius 2 is 1.89 bits per heavy atom. The van der Waals surface area contributed by atoms with Gasteiger partial charge in [-0.2, -0.15) is 0 Å². The van der Waals surface area contributed by atoms with Gasteiger partial charge in [0.25, 0.3) is 0 Å². The van der Waals surface area contributed by atoms with E-state index in [0.29, 0.717) is 29.1 Å². The van der Waals surface area contributed by atoms with E-state index in [2.05, 4.69) is 17.9 Å². The van der Waals surface area contributed by atoms with Crippen LogP contribution in [0.3, 0.4) is 0 Å². The molecule has 0 amide bonds. The first-order valence-corrected chi connectivity index (χ1v) is 11.5. The maximum absolute atomic E-state index is 11.5. The van der Waals surface area contributed by atoms with Gasteiger partial charge in [0.05, 0.1) is 11.5 Å². The van der Waals surface area contributed by atoms with Gasteiger partial charge >= 0.3 is 0 Å². The zero-order chi connectivity index (χ0) is 19.4. The van der Waals surface area contributed by atoms with Crippen molar-refractivity contribution in [1.29, 1.82) is 0 Å². The summed E-state index contributed by atoms with van der Waals surface area (Å²) < 4.78 is 29.0. The minimum absolute atomic E-state index is 0.316. The third kappa shape index (κ3) is 5.71. The Balaban J connectivity index is 1.48. The van der Waals surface area contributed by atoms with Gasteiger partial charge in [0.2, 0.25) is 0 Å². The van der Waals surface area contributed by atoms with E-state index in [4.69, 9.17) is 16.3 Å². The molecule has 0 bridgehead atoms. The zero-order valence-corrected chi connectivity index (χ0v) is 17.3. The molecule has 1 aliphatic heterocycles. The fourth-order valence-corrected chi connectivity index (χ4v) is 4.35. The molecule has 2 aromatic carbocycles. The highest BCUT2D eigenvalue weighted by atomic mass is 35.5. The molecule has 0 radical (unpaired) electrons. The van der Waals surface area contributed by atoms with Gasteiger partial charge in [-0.15, -0.1) is 0 Å². The number of rotatable bonds is 7. The van der Waals surface area contributed by atoms with Crippen molar-refractivity contribution in [3.8, 4) is 5.75 Å². The minimum atomic E-state index is -3.17. The van der Waals surface area contributed by atoms with Crippen molar-refractivity contribution in [2.75, 3.05) is 32.5 Å². The van der Waals surface area contributed by atoms with Crippen LogP contribution in [-0.2, 0) is 16.3 Å². The molecule has 1 aliphatic rings. The molecule has 0 spiro atoms. The maximum Gasteiger partial charge on any atom is 0.175 e. The van der Waals surface area contributed by atoms with E-state index in [1.807, 2.05) is 18.2 Å². The molecule has 3 rings (SSSR count). The second kappa shape index (κ2) is 8.63. The fraction of sp³-hybridized carbons (Fsp3) is 0.429. The van der Waals surface area contributed by atoms with Crippen LogP contribution >= 0.6 is 11.6 Å². The molecule has 0 unspecified atom stereocenters. The monoisotopic (exact) mass is 407 g/mol. The summed E-state index contributed by atoms with van der Waals surface area (Å²) in [6.07, 6.45) is 2.20. The lowest BCUT2D eigenvalue weighted by atomic mass is 9.99. The van der Waals surface area contributed by atoms with Gasteiger partial charge in [-0.3, -0.25) is 0 Å². The lowest BCUT2D eigenvalue weighted by Gasteiger charge is -2.17. The van der Waals surface area contributed by atoms with Crippen LogP contribution in [0.4, 0.5) is 0 Å². The normalized spacial score (nSPS) is 20.7. The first-order chi connectivity index (χ1) is 12.8. The molecule has 2 atom stereocenters. The molecule has 0 N–H and O–H groups in total. The van der Waals surface area contributed by atoms with Gasteiger partial charge in [-0.1, -0.05) is 30.7 Å². The lowest BCUT2D eigenvalue weighted by Crippen LogP contribution is -2.24. The second-order valence-electron chi connectivity index (χ2n) is 7.43. The van der Waals surface area contributed by atoms with E-state index in [-0.39, 0.29) is 0 Å². The number of hydrogen-bond donors (Lipinski definition) is 0. The predicted octanol–water partition coefficient (Wildman–Crippen LogP) is 3.93. The minimum Gasteiger partial charge on any atom is -0.493 e. The van der Waals surface area contributed by atoms with Gasteiger partial charge in [0.1, 0.15) is 5.75 Å². The molecule has 6 heteroatoms. The Morgan fingerprint density at radius 1 is 1.15 bits per heavy atom. The van der Waals surface area contributed by atoms with Crippen molar-refractivity contribution >= 4 is 21.4 Å². The molecule has 0 aliphatic carbocycles. The molecular formula is C21H26ClNO3S. The van der Waals surface area contributed by atoms with Crippen LogP contribution in [0.5, 0.6) is 5.75 Å². The Hall–Kier alpha value is -1.56. The van der Waals surface area contributed by atoms with Gasteiger partial charge in [0.15, 0.2) is 9.84 Å². The molecule has 146 valence electrons. The Morgan fingerprint density at radius 3 is 2.56 bits per heavy atom. The van der Waals surface area contributed by atoms with Crippen molar-refractivity contribution in [1.82, 2.24) is 4.90 Å². The molecule has 0 saturated carbocycles. The maximum atomic E-state index is 11.5. The summed E-state index contributed by atoms with van der Waals surface area (Å²) >= 11 is 6.06. The lowest BCUT2D eigenvalue weighted by molar-refractivity contribution is 0.225. The third-order valence-electron chi connectivity index (χ3n) is 5.17. The van der Waals surface area contributed by atoms with Gasteiger partial charge in [-0.05, 0) is 54.3 Å². The molecule has 1 saturated heterocycles. The molecule has 4 nitrogen and oxygen atoms in total. The van der Waals surface area contributed by atoms with Crippen LogP contribution in [0.25, 0.3) is 0 Å². The Bertz CT molecular complexity index is 867. The number of ether oxygens (including phenoxy) is 1. The van der Waals surface area contributed by atoms with E-state index in [1.54, 1.807) is 24.3 Å². The number of likely N-dealkylation sites (tertiary alicyclic amines) is 1. The predicted molar refractivity (Wildman–Crippen MR) is 109 cm³/mol. The number of halogens is 1. The highest BCUT2D eigenvalue weighted by Crippen LogP contribution is 2.25. The summed E-state index contributed by atoms with van der Waals surface area (Å²) in [6, 6.07) is 14.7. The van der Waals surface area contributed by atoms with Crippen LogP contribution in [0.15, 0.2) is 53.4 Å². The highest BCUT2D eigenvalue weighted by Gasteiger charge is 2.29. The summed E-state index contributed by atoms with van der Waals surface area (Å²) in [7, 11) is -3.17. The number of hydrogen-bond acceptors (Lipinski definition) is 4. The third-order valence-corrected chi connectivity index (χ3v) is 6.53. The van der Waals surface area contributed by atoms with Crippen molar-refractivity contribution in [2.24, 2.45) is 11.8 Å². The average molecular weight is 408 g/mol. The van der Waals surface area contributed by atoms with Gasteiger partial charge in [0, 0.05) is 36.8 Å². The summed E-state index contributed by atoms with van der Waals surface area (Å²) in [5, 5.41) is 0.787. The molecular weight excluding hydrogens is 382 g/mol. The van der Waals surface area contributed by atoms with Crippen molar-refractivity contribution in [2.45, 2.75) is 18.2 Å². The van der Waals surface area contributed by atoms with Crippen molar-refractivity contribution in [3.05, 3.63) is 59.1 Å². The zero-order valence-electron chi connectivity index (χ0n) is 15.8. The van der Waals surface area contributed by atoms with Crippen LogP contribution in [0.2, 0.25) is 5.02 Å². The summed E-state index contributed by atoms with van der Waals surface area (Å²) in [4.78, 5) is 2.79. The standard InChI is InChI=1S/C21H26ClNO3S/c1-16-13-23(11-10-17-4-3-5-19(22)12-17)14-18(16)15-26-20-6-8-21(9-7-20)27(2,24)25/h3-9,12,16,18H,10-11,13-15H2,1-2H3/t16-,18+/m0/s1. The molecule has 1 fully saturated rings. The summed E-state index contributed by atoms with van der Waals surface area (Å²) in [5.41, 5.74) is 1.26. The first-order valence-electron chi connectivity index (χ1n) is 9.21. The highest BCUT2D eigenvalue weighted by molar-refractivity contribution is 7.90. The fourth-order valence-electron chi connectivity index (χ4n) is 3.51. The smallest absolute Gasteiger partial charge is 0.175 e. The molecule has 2 aromatic rings. The van der Waals surface area contributed by atoms with Crippen LogP contribution < -0.4 is 4.74 Å². The van der Waals surface area contributed by atoms with E-state index >= 15 is 0 Å². The van der Waals surface area contributed by atoms with E-state index in [9.17, 15) is 8.42 Å². The van der Waals surface area contributed by atoms with E-state index in [1.165, 1.54) is 11.8 Å². The molecule has 1 heterocycles. The molecule has 27 heavy (non-hydrogen) atoms. The van der Waals surface area contributed by atoms with E-state index in [0.717, 1.165) is 31.1 Å². The van der Waals surface area contributed by atoms with Gasteiger partial charge in [-0.25, -0.2) is 8.42 Å². The SMILES string of the molecule is C[C@H]1CN(CCc2cccc(Cl)c2)C[C@@H]1COc1ccc(S(C)(=O)=O)cc1. The Labute approximate surface area is 167 Å². The number of sulfone groups is 1. The second-order valence-corrected chi connectivity index (χ2v) is 9.88. The molecule has 0 aromatic heterocycles. The quantitative estimate of drug-likeness (QED) is 0.697. The van der Waals surface area contributed by atoms with Crippen LogP contribution in [0, 0.1) is 11.8 Å². The number of nitrogens with zero attached hydrogens (tertiary/aromatic N) is 1. The average Bonchev–Trinajstić information content (AvgIpc) is 2.98. The topological polar surface area (TPSA) is 46.6 Å². The number of benzene rings is 2. The summed E-state index contributed by atoms with van der Waals surface area (Å²) in [6.45, 7) is 6.02. The first kappa shape index (κ1) is 20.2. The van der Waals surface area contributed by atoms with Gasteiger partial charge < -0.3 is 9.64 Å². The van der Waals surface area contributed by atoms with Crippen LogP contribution in [-0.4, -0.2) is 45.8 Å². The van der Waals surface area contributed by atoms with E-state index < -0.39 is 9.84 Å². The van der Waals surface area contributed by atoms with Crippen molar-refractivity contribution in [3.63, 3.8) is 0 Å². The Kier molecular flexibility index (Phi) is 6.45. The van der Waals surface area contributed by atoms with Crippen molar-refractivity contribution < 1.29 is 13.2 Å². The largest absolute Gasteiger partial charge is 0.493 e. The summed E-state index contributed by atoms with van der Waals surface area (Å²) in [5.74, 6) is 1.76.